The summed E-state index contributed by atoms with van der Waals surface area (Å²) >= 11 is 0. The summed E-state index contributed by atoms with van der Waals surface area (Å²) in [5.41, 5.74) is 0.561. The van der Waals surface area contributed by atoms with Crippen molar-refractivity contribution >= 4 is 11.8 Å². The van der Waals surface area contributed by atoms with Crippen molar-refractivity contribution in [2.45, 2.75) is 12.8 Å². The van der Waals surface area contributed by atoms with Gasteiger partial charge in [-0.1, -0.05) is 12.1 Å². The Morgan fingerprint density at radius 1 is 1.13 bits per heavy atom. The van der Waals surface area contributed by atoms with Crippen LogP contribution in [0.4, 0.5) is 4.39 Å². The Morgan fingerprint density at radius 2 is 1.67 bits per heavy atom. The quantitative estimate of drug-likeness (QED) is 0.759. The Bertz CT molecular complexity index is 357. The number of carbonyl (C=O) groups is 2. The van der Waals surface area contributed by atoms with Crippen molar-refractivity contribution in [1.29, 1.82) is 0 Å². The highest BCUT2D eigenvalue weighted by atomic mass is 19.1. The van der Waals surface area contributed by atoms with E-state index >= 15 is 0 Å². The number of aromatic carboxylic acids is 1. The van der Waals surface area contributed by atoms with Gasteiger partial charge < -0.3 is 5.11 Å². The minimum absolute atomic E-state index is 0.136. The Balaban J connectivity index is 2.71. The molecule has 1 aromatic rings. The second kappa shape index (κ2) is 5.24. The first-order chi connectivity index (χ1) is 7.15. The number of Topliss-reactive ketones (excluding diaryl/α,β-unsaturated/α-hetero) is 1. The summed E-state index contributed by atoms with van der Waals surface area (Å²) in [6.45, 7) is -0.515. The van der Waals surface area contributed by atoms with Crippen LogP contribution in [0.3, 0.4) is 0 Å². The van der Waals surface area contributed by atoms with Gasteiger partial charge in [0.25, 0.3) is 0 Å². The van der Waals surface area contributed by atoms with Crippen molar-refractivity contribution in [3.05, 3.63) is 35.4 Å². The van der Waals surface area contributed by atoms with Crippen LogP contribution in [0.1, 0.15) is 33.6 Å². The van der Waals surface area contributed by atoms with Gasteiger partial charge in [0.1, 0.15) is 0 Å². The van der Waals surface area contributed by atoms with Gasteiger partial charge in [0, 0.05) is 12.0 Å². The molecule has 15 heavy (non-hydrogen) atoms. The number of halogens is 1. The van der Waals surface area contributed by atoms with Gasteiger partial charge >= 0.3 is 5.97 Å². The maximum atomic E-state index is 11.8. The lowest BCUT2D eigenvalue weighted by atomic mass is 10.1. The number of hydrogen-bond acceptors (Lipinski definition) is 2. The van der Waals surface area contributed by atoms with Crippen LogP contribution in [-0.4, -0.2) is 23.5 Å². The van der Waals surface area contributed by atoms with E-state index in [1.54, 1.807) is 0 Å². The molecule has 0 bridgehead atoms. The van der Waals surface area contributed by atoms with E-state index in [1.165, 1.54) is 24.3 Å². The molecule has 1 N–H and O–H groups in total. The molecule has 0 atom stereocenters. The number of alkyl halides is 1. The third kappa shape index (κ3) is 3.16. The zero-order valence-electron chi connectivity index (χ0n) is 8.07. The SMILES string of the molecule is O=C(O)c1ccc(C(=O)CCCF)cc1. The van der Waals surface area contributed by atoms with Crippen molar-refractivity contribution in [1.82, 2.24) is 0 Å². The summed E-state index contributed by atoms with van der Waals surface area (Å²) in [6, 6.07) is 5.63. The van der Waals surface area contributed by atoms with Crippen LogP contribution in [0.2, 0.25) is 0 Å². The Morgan fingerprint density at radius 3 is 2.13 bits per heavy atom. The smallest absolute Gasteiger partial charge is 0.335 e. The monoisotopic (exact) mass is 210 g/mol. The molecule has 0 amide bonds. The summed E-state index contributed by atoms with van der Waals surface area (Å²) in [5.74, 6) is -1.19. The lowest BCUT2D eigenvalue weighted by Gasteiger charge is -1.99. The maximum Gasteiger partial charge on any atom is 0.335 e. The molecule has 3 nitrogen and oxygen atoms in total. The lowest BCUT2D eigenvalue weighted by molar-refractivity contribution is 0.0696. The van der Waals surface area contributed by atoms with Crippen LogP contribution in [0, 0.1) is 0 Å². The van der Waals surface area contributed by atoms with Crippen molar-refractivity contribution in [2.24, 2.45) is 0 Å². The molecule has 4 heteroatoms. The van der Waals surface area contributed by atoms with E-state index in [9.17, 15) is 14.0 Å². The molecule has 0 heterocycles. The first kappa shape index (κ1) is 11.4. The van der Waals surface area contributed by atoms with E-state index in [1.807, 2.05) is 0 Å². The van der Waals surface area contributed by atoms with Crippen LogP contribution >= 0.6 is 0 Å². The molecule has 0 unspecified atom stereocenters. The minimum Gasteiger partial charge on any atom is -0.478 e. The van der Waals surface area contributed by atoms with Gasteiger partial charge in [0.05, 0.1) is 12.2 Å². The second-order valence-electron chi connectivity index (χ2n) is 3.10. The van der Waals surface area contributed by atoms with E-state index < -0.39 is 12.6 Å². The standard InChI is InChI=1S/C11H11FO3/c12-7-1-2-10(13)8-3-5-9(6-4-8)11(14)15/h3-6H,1-2,7H2,(H,14,15). The maximum absolute atomic E-state index is 11.8. The molecule has 1 aromatic carbocycles. The predicted molar refractivity (Wildman–Crippen MR) is 52.9 cm³/mol. The second-order valence-corrected chi connectivity index (χ2v) is 3.10. The van der Waals surface area contributed by atoms with Crippen LogP contribution in [0.15, 0.2) is 24.3 Å². The van der Waals surface area contributed by atoms with Crippen molar-refractivity contribution in [3.8, 4) is 0 Å². The zero-order chi connectivity index (χ0) is 11.3. The molecule has 0 saturated heterocycles. The molecule has 0 saturated carbocycles. The Kier molecular flexibility index (Phi) is 3.97. The number of carbonyl (C=O) groups excluding carboxylic acids is 1. The first-order valence-corrected chi connectivity index (χ1v) is 4.57. The highest BCUT2D eigenvalue weighted by Crippen LogP contribution is 2.08. The summed E-state index contributed by atoms with van der Waals surface area (Å²) in [7, 11) is 0. The average Bonchev–Trinajstić information content (AvgIpc) is 2.26. The van der Waals surface area contributed by atoms with Gasteiger partial charge in [-0.2, -0.15) is 0 Å². The molecule has 0 fully saturated rings. The topological polar surface area (TPSA) is 54.4 Å². The fraction of sp³-hybridized carbons (Fsp3) is 0.273. The molecule has 0 aliphatic carbocycles. The number of carboxylic acids is 1. The summed E-state index contributed by atoms with van der Waals surface area (Å²) < 4.78 is 11.8. The van der Waals surface area contributed by atoms with E-state index in [4.69, 9.17) is 5.11 Å². The van der Waals surface area contributed by atoms with Gasteiger partial charge in [0.2, 0.25) is 0 Å². The summed E-state index contributed by atoms with van der Waals surface area (Å²) in [6.07, 6.45) is 0.364. The minimum atomic E-state index is -1.03. The van der Waals surface area contributed by atoms with E-state index in [0.29, 0.717) is 5.56 Å². The highest BCUT2D eigenvalue weighted by molar-refractivity contribution is 5.97. The molecular formula is C11H11FO3. The fourth-order valence-corrected chi connectivity index (χ4v) is 1.17. The first-order valence-electron chi connectivity index (χ1n) is 4.57. The van der Waals surface area contributed by atoms with Crippen LogP contribution < -0.4 is 0 Å². The van der Waals surface area contributed by atoms with Crippen molar-refractivity contribution in [3.63, 3.8) is 0 Å². The Hall–Kier alpha value is -1.71. The highest BCUT2D eigenvalue weighted by Gasteiger charge is 2.07. The number of benzene rings is 1. The molecule has 80 valence electrons. The third-order valence-corrected chi connectivity index (χ3v) is 1.99. The third-order valence-electron chi connectivity index (χ3n) is 1.99. The van der Waals surface area contributed by atoms with Gasteiger partial charge in [-0.05, 0) is 18.6 Å². The Labute approximate surface area is 86.5 Å². The van der Waals surface area contributed by atoms with Crippen molar-refractivity contribution in [2.75, 3.05) is 6.67 Å². The number of hydrogen-bond donors (Lipinski definition) is 1. The fourth-order valence-electron chi connectivity index (χ4n) is 1.17. The molecule has 0 aliphatic heterocycles. The molecule has 0 aliphatic rings. The molecule has 1 rings (SSSR count). The zero-order valence-corrected chi connectivity index (χ0v) is 8.07. The van der Waals surface area contributed by atoms with E-state index in [0.717, 1.165) is 0 Å². The lowest BCUT2D eigenvalue weighted by Crippen LogP contribution is -2.01. The average molecular weight is 210 g/mol. The van der Waals surface area contributed by atoms with Crippen LogP contribution in [-0.2, 0) is 0 Å². The number of carboxylic acid groups (broad SMARTS) is 1. The van der Waals surface area contributed by atoms with E-state index in [-0.39, 0.29) is 24.2 Å². The normalized spacial score (nSPS) is 9.93. The van der Waals surface area contributed by atoms with Gasteiger partial charge in [0.15, 0.2) is 5.78 Å². The number of rotatable bonds is 5. The summed E-state index contributed by atoms with van der Waals surface area (Å²) in [4.78, 5) is 21.9. The predicted octanol–water partition coefficient (Wildman–Crippen LogP) is 2.32. The summed E-state index contributed by atoms with van der Waals surface area (Å²) in [5, 5.41) is 8.62. The molecule has 0 radical (unpaired) electrons. The van der Waals surface area contributed by atoms with E-state index in [2.05, 4.69) is 0 Å². The van der Waals surface area contributed by atoms with Gasteiger partial charge in [-0.3, -0.25) is 9.18 Å². The van der Waals surface area contributed by atoms with Crippen molar-refractivity contribution < 1.29 is 19.1 Å². The van der Waals surface area contributed by atoms with Crippen LogP contribution in [0.5, 0.6) is 0 Å². The van der Waals surface area contributed by atoms with Gasteiger partial charge in [-0.25, -0.2) is 4.79 Å². The molecular weight excluding hydrogens is 199 g/mol. The molecule has 0 spiro atoms. The largest absolute Gasteiger partial charge is 0.478 e. The number of ketones is 1. The molecule has 0 aromatic heterocycles. The van der Waals surface area contributed by atoms with Crippen LogP contribution in [0.25, 0.3) is 0 Å². The van der Waals surface area contributed by atoms with Gasteiger partial charge in [-0.15, -0.1) is 0 Å².